The Morgan fingerprint density at radius 3 is 2.79 bits per heavy atom. The maximum Gasteiger partial charge on any atom is 0.315 e. The highest BCUT2D eigenvalue weighted by molar-refractivity contribution is 5.73. The Kier molecular flexibility index (Phi) is 7.87. The first-order valence-electron chi connectivity index (χ1n) is 10.5. The molecule has 1 aliphatic rings. The molecule has 0 bridgehead atoms. The van der Waals surface area contributed by atoms with Crippen LogP contribution in [-0.2, 0) is 13.2 Å². The molecule has 2 unspecified atom stereocenters. The Labute approximate surface area is 173 Å². The summed E-state index contributed by atoms with van der Waals surface area (Å²) in [6.45, 7) is 8.33. The quantitative estimate of drug-likeness (QED) is 0.716. The normalized spacial score (nSPS) is 18.1. The molecule has 2 N–H and O–H groups in total. The molecule has 1 saturated heterocycles. The molecule has 2 aromatic rings. The van der Waals surface area contributed by atoms with Crippen LogP contribution in [0.2, 0.25) is 0 Å². The second-order valence-corrected chi connectivity index (χ2v) is 7.91. The summed E-state index contributed by atoms with van der Waals surface area (Å²) in [7, 11) is 0. The number of ether oxygens (including phenoxy) is 1. The molecule has 2 amide bonds. The Morgan fingerprint density at radius 2 is 2.07 bits per heavy atom. The minimum absolute atomic E-state index is 0.127. The summed E-state index contributed by atoms with van der Waals surface area (Å²) in [6, 6.07) is 13.8. The largest absolute Gasteiger partial charge is 0.487 e. The maximum absolute atomic E-state index is 12.1. The fourth-order valence-electron chi connectivity index (χ4n) is 3.58. The molecule has 0 radical (unpaired) electrons. The molecule has 29 heavy (non-hydrogen) atoms. The van der Waals surface area contributed by atoms with Crippen LogP contribution in [0.5, 0.6) is 5.75 Å². The van der Waals surface area contributed by atoms with Crippen molar-refractivity contribution in [2.24, 2.45) is 5.92 Å². The van der Waals surface area contributed by atoms with Crippen LogP contribution in [0.25, 0.3) is 0 Å². The number of hydrogen-bond donors (Lipinski definition) is 2. The van der Waals surface area contributed by atoms with Gasteiger partial charge in [0.2, 0.25) is 0 Å². The van der Waals surface area contributed by atoms with Gasteiger partial charge in [-0.2, -0.15) is 0 Å². The molecule has 0 aliphatic carbocycles. The number of aromatic nitrogens is 1. The lowest BCUT2D eigenvalue weighted by Gasteiger charge is -2.35. The molecule has 2 heterocycles. The van der Waals surface area contributed by atoms with Crippen molar-refractivity contribution in [2.75, 3.05) is 19.6 Å². The predicted molar refractivity (Wildman–Crippen MR) is 115 cm³/mol. The number of nitrogens with one attached hydrogen (secondary N) is 2. The Balaban J connectivity index is 1.35. The fourth-order valence-corrected chi connectivity index (χ4v) is 3.58. The van der Waals surface area contributed by atoms with Crippen LogP contribution < -0.4 is 15.4 Å². The van der Waals surface area contributed by atoms with E-state index in [4.69, 9.17) is 4.74 Å². The third kappa shape index (κ3) is 7.06. The van der Waals surface area contributed by atoms with Crippen LogP contribution in [0.15, 0.2) is 48.7 Å². The minimum Gasteiger partial charge on any atom is -0.487 e. The summed E-state index contributed by atoms with van der Waals surface area (Å²) in [5, 5.41) is 5.92. The van der Waals surface area contributed by atoms with Gasteiger partial charge in [-0.1, -0.05) is 25.1 Å². The Hall–Kier alpha value is -2.60. The first-order valence-corrected chi connectivity index (χ1v) is 10.5. The number of hydrogen-bond acceptors (Lipinski definition) is 4. The van der Waals surface area contributed by atoms with Gasteiger partial charge in [0.25, 0.3) is 0 Å². The Bertz CT molecular complexity index is 751. The summed E-state index contributed by atoms with van der Waals surface area (Å²) in [5.74, 6) is 1.53. The molecule has 0 saturated carbocycles. The van der Waals surface area contributed by atoms with E-state index in [1.807, 2.05) is 42.5 Å². The van der Waals surface area contributed by atoms with E-state index in [1.54, 1.807) is 6.20 Å². The standard InChI is InChI=1S/C23H32N4O2/c1-18-6-5-13-27(16-18)19(2)14-25-23(28)26-15-20-8-10-22(11-9-20)29-17-21-7-3-4-12-24-21/h3-4,7-12,18-19H,5-6,13-17H2,1-2H3,(H2,25,26,28). The highest BCUT2D eigenvalue weighted by atomic mass is 16.5. The second kappa shape index (κ2) is 10.8. The van der Waals surface area contributed by atoms with Gasteiger partial charge in [0.05, 0.1) is 5.69 Å². The Morgan fingerprint density at radius 1 is 1.24 bits per heavy atom. The van der Waals surface area contributed by atoms with Crippen molar-refractivity contribution in [2.45, 2.75) is 45.9 Å². The van der Waals surface area contributed by atoms with Crippen LogP contribution in [0, 0.1) is 5.92 Å². The summed E-state index contributed by atoms with van der Waals surface area (Å²) < 4.78 is 5.74. The van der Waals surface area contributed by atoms with Crippen LogP contribution >= 0.6 is 0 Å². The highest BCUT2D eigenvalue weighted by Gasteiger charge is 2.21. The van der Waals surface area contributed by atoms with E-state index in [0.717, 1.165) is 36.0 Å². The molecule has 1 aliphatic heterocycles. The summed E-state index contributed by atoms with van der Waals surface area (Å²) in [4.78, 5) is 18.8. The van der Waals surface area contributed by atoms with Gasteiger partial charge in [-0.05, 0) is 62.1 Å². The average Bonchev–Trinajstić information content (AvgIpc) is 2.76. The van der Waals surface area contributed by atoms with Gasteiger partial charge in [0, 0.05) is 31.9 Å². The molecule has 6 heteroatoms. The zero-order chi connectivity index (χ0) is 20.5. The smallest absolute Gasteiger partial charge is 0.315 e. The van der Waals surface area contributed by atoms with E-state index in [2.05, 4.69) is 34.4 Å². The summed E-state index contributed by atoms with van der Waals surface area (Å²) >= 11 is 0. The zero-order valence-corrected chi connectivity index (χ0v) is 17.4. The number of pyridine rings is 1. The van der Waals surface area contributed by atoms with Crippen molar-refractivity contribution >= 4 is 6.03 Å². The molecule has 156 valence electrons. The highest BCUT2D eigenvalue weighted by Crippen LogP contribution is 2.17. The van der Waals surface area contributed by atoms with Crippen LogP contribution in [0.4, 0.5) is 4.79 Å². The first kappa shape index (κ1) is 21.1. The number of amides is 2. The molecule has 0 spiro atoms. The van der Waals surface area contributed by atoms with Gasteiger partial charge < -0.3 is 15.4 Å². The maximum atomic E-state index is 12.1. The SMILES string of the molecule is CC1CCCN(C(C)CNC(=O)NCc2ccc(OCc3ccccn3)cc2)C1. The van der Waals surface area contributed by atoms with E-state index in [1.165, 1.54) is 12.8 Å². The predicted octanol–water partition coefficient (Wildman–Crippen LogP) is 3.58. The molecule has 2 atom stereocenters. The number of rotatable bonds is 8. The van der Waals surface area contributed by atoms with Gasteiger partial charge >= 0.3 is 6.03 Å². The van der Waals surface area contributed by atoms with Crippen molar-refractivity contribution in [3.05, 3.63) is 59.9 Å². The first-order chi connectivity index (χ1) is 14.1. The molecule has 6 nitrogen and oxygen atoms in total. The number of nitrogens with zero attached hydrogens (tertiary/aromatic N) is 2. The zero-order valence-electron chi connectivity index (χ0n) is 17.4. The van der Waals surface area contributed by atoms with E-state index < -0.39 is 0 Å². The van der Waals surface area contributed by atoms with Gasteiger partial charge in [-0.25, -0.2) is 4.79 Å². The van der Waals surface area contributed by atoms with Gasteiger partial charge in [-0.3, -0.25) is 9.88 Å². The van der Waals surface area contributed by atoms with Gasteiger partial charge in [0.15, 0.2) is 0 Å². The topological polar surface area (TPSA) is 66.5 Å². The van der Waals surface area contributed by atoms with Crippen molar-refractivity contribution < 1.29 is 9.53 Å². The van der Waals surface area contributed by atoms with Crippen LogP contribution in [-0.4, -0.2) is 41.6 Å². The molecule has 1 aromatic carbocycles. The number of urea groups is 1. The monoisotopic (exact) mass is 396 g/mol. The van der Waals surface area contributed by atoms with E-state index in [0.29, 0.717) is 25.7 Å². The number of likely N-dealkylation sites (tertiary alicyclic amines) is 1. The number of benzene rings is 1. The number of piperidine rings is 1. The minimum atomic E-state index is -0.127. The third-order valence-corrected chi connectivity index (χ3v) is 5.36. The third-order valence-electron chi connectivity index (χ3n) is 5.36. The van der Waals surface area contributed by atoms with Crippen molar-refractivity contribution in [1.29, 1.82) is 0 Å². The van der Waals surface area contributed by atoms with Gasteiger partial charge in [-0.15, -0.1) is 0 Å². The molecule has 3 rings (SSSR count). The van der Waals surface area contributed by atoms with Gasteiger partial charge in [0.1, 0.15) is 12.4 Å². The van der Waals surface area contributed by atoms with Crippen LogP contribution in [0.1, 0.15) is 37.9 Å². The molecule has 1 aromatic heterocycles. The van der Waals surface area contributed by atoms with Crippen molar-refractivity contribution in [1.82, 2.24) is 20.5 Å². The van der Waals surface area contributed by atoms with Crippen molar-refractivity contribution in [3.8, 4) is 5.75 Å². The number of carbonyl (C=O) groups excluding carboxylic acids is 1. The lowest BCUT2D eigenvalue weighted by Crippen LogP contribution is -2.48. The molecular formula is C23H32N4O2. The molecular weight excluding hydrogens is 364 g/mol. The van der Waals surface area contributed by atoms with E-state index >= 15 is 0 Å². The lowest BCUT2D eigenvalue weighted by atomic mass is 9.99. The average molecular weight is 397 g/mol. The fraction of sp³-hybridized carbons (Fsp3) is 0.478. The summed E-state index contributed by atoms with van der Waals surface area (Å²) in [5.41, 5.74) is 1.92. The number of carbonyl (C=O) groups is 1. The van der Waals surface area contributed by atoms with E-state index in [-0.39, 0.29) is 6.03 Å². The lowest BCUT2D eigenvalue weighted by molar-refractivity contribution is 0.137. The second-order valence-electron chi connectivity index (χ2n) is 7.91. The van der Waals surface area contributed by atoms with Crippen LogP contribution in [0.3, 0.4) is 0 Å². The molecule has 1 fully saturated rings. The van der Waals surface area contributed by atoms with Crippen molar-refractivity contribution in [3.63, 3.8) is 0 Å². The van der Waals surface area contributed by atoms with E-state index in [9.17, 15) is 4.79 Å². The summed E-state index contributed by atoms with van der Waals surface area (Å²) in [6.07, 6.45) is 4.32.